The van der Waals surface area contributed by atoms with Crippen LogP contribution in [0.3, 0.4) is 0 Å². The average Bonchev–Trinajstić information content (AvgIpc) is 3.31. The molecule has 0 unspecified atom stereocenters. The number of fused-ring (bicyclic) bond motifs is 3. The highest BCUT2D eigenvalue weighted by atomic mass is 32.2. The third-order valence-electron chi connectivity index (χ3n) is 5.88. The van der Waals surface area contributed by atoms with Crippen molar-refractivity contribution in [1.82, 2.24) is 24.1 Å². The van der Waals surface area contributed by atoms with E-state index in [4.69, 9.17) is 9.72 Å². The SMILES string of the molecule is CCS(=O)(=O)N1CC(c2ccc3c(c2)OCCc2sc(-c4ncnn4C(C)C)nc2-3)C1. The molecule has 4 heterocycles. The van der Waals surface area contributed by atoms with E-state index < -0.39 is 10.0 Å². The zero-order valence-electron chi connectivity index (χ0n) is 17.8. The van der Waals surface area contributed by atoms with Crippen LogP contribution in [0.2, 0.25) is 0 Å². The van der Waals surface area contributed by atoms with E-state index in [-0.39, 0.29) is 17.7 Å². The normalized spacial score (nSPS) is 17.0. The van der Waals surface area contributed by atoms with E-state index in [9.17, 15) is 8.42 Å². The van der Waals surface area contributed by atoms with Gasteiger partial charge in [0.15, 0.2) is 10.8 Å². The predicted molar refractivity (Wildman–Crippen MR) is 120 cm³/mol. The van der Waals surface area contributed by atoms with Crippen LogP contribution in [0.1, 0.15) is 43.2 Å². The van der Waals surface area contributed by atoms with Gasteiger partial charge in [-0.05, 0) is 38.5 Å². The molecule has 0 saturated carbocycles. The van der Waals surface area contributed by atoms with Gasteiger partial charge in [0.2, 0.25) is 10.0 Å². The Bertz CT molecular complexity index is 1230. The molecule has 5 rings (SSSR count). The fourth-order valence-electron chi connectivity index (χ4n) is 4.03. The lowest BCUT2D eigenvalue weighted by molar-refractivity contribution is 0.263. The summed E-state index contributed by atoms with van der Waals surface area (Å²) in [5.41, 5.74) is 3.03. The zero-order valence-corrected chi connectivity index (χ0v) is 19.4. The van der Waals surface area contributed by atoms with Crippen molar-refractivity contribution < 1.29 is 13.2 Å². The van der Waals surface area contributed by atoms with E-state index in [1.807, 2.05) is 4.68 Å². The first-order chi connectivity index (χ1) is 14.9. The number of thiazole rings is 1. The Hall–Kier alpha value is -2.30. The summed E-state index contributed by atoms with van der Waals surface area (Å²) in [6, 6.07) is 6.40. The Labute approximate surface area is 186 Å². The van der Waals surface area contributed by atoms with Crippen LogP contribution in [-0.4, -0.2) is 57.9 Å². The van der Waals surface area contributed by atoms with Gasteiger partial charge in [0.25, 0.3) is 0 Å². The van der Waals surface area contributed by atoms with Crippen molar-refractivity contribution in [3.05, 3.63) is 35.0 Å². The molecule has 0 bridgehead atoms. The molecule has 31 heavy (non-hydrogen) atoms. The van der Waals surface area contributed by atoms with Crippen molar-refractivity contribution in [2.24, 2.45) is 0 Å². The second-order valence-electron chi connectivity index (χ2n) is 8.18. The third kappa shape index (κ3) is 3.56. The molecule has 10 heteroatoms. The van der Waals surface area contributed by atoms with Gasteiger partial charge in [-0.3, -0.25) is 0 Å². The molecule has 0 amide bonds. The van der Waals surface area contributed by atoms with Gasteiger partial charge < -0.3 is 4.74 Å². The molecule has 1 saturated heterocycles. The predicted octanol–water partition coefficient (Wildman–Crippen LogP) is 3.33. The van der Waals surface area contributed by atoms with Crippen LogP contribution in [-0.2, 0) is 16.4 Å². The summed E-state index contributed by atoms with van der Waals surface area (Å²) in [7, 11) is -3.11. The monoisotopic (exact) mass is 459 g/mol. The molecular formula is C21H25N5O3S2. The highest BCUT2D eigenvalue weighted by molar-refractivity contribution is 7.89. The third-order valence-corrected chi connectivity index (χ3v) is 8.80. The molecule has 2 aliphatic heterocycles. The topological polar surface area (TPSA) is 90.2 Å². The van der Waals surface area contributed by atoms with Crippen LogP contribution in [0.4, 0.5) is 0 Å². The van der Waals surface area contributed by atoms with Crippen molar-refractivity contribution in [2.75, 3.05) is 25.4 Å². The molecular weight excluding hydrogens is 434 g/mol. The number of benzene rings is 1. The van der Waals surface area contributed by atoms with Crippen LogP contribution in [0, 0.1) is 0 Å². The zero-order chi connectivity index (χ0) is 21.8. The van der Waals surface area contributed by atoms with E-state index >= 15 is 0 Å². The maximum atomic E-state index is 12.0. The van der Waals surface area contributed by atoms with E-state index in [0.29, 0.717) is 19.7 Å². The molecule has 0 atom stereocenters. The summed E-state index contributed by atoms with van der Waals surface area (Å²) in [4.78, 5) is 10.5. The van der Waals surface area contributed by atoms with Crippen molar-refractivity contribution in [3.8, 4) is 27.8 Å². The second-order valence-corrected chi connectivity index (χ2v) is 11.5. The van der Waals surface area contributed by atoms with E-state index in [1.165, 1.54) is 4.88 Å². The maximum absolute atomic E-state index is 12.0. The number of sulfonamides is 1. The molecule has 8 nitrogen and oxygen atoms in total. The Kier molecular flexibility index (Phi) is 5.10. The quantitative estimate of drug-likeness (QED) is 0.581. The highest BCUT2D eigenvalue weighted by Crippen LogP contribution is 2.42. The summed E-state index contributed by atoms with van der Waals surface area (Å²) in [5, 5.41) is 5.21. The van der Waals surface area contributed by atoms with Crippen LogP contribution in [0.15, 0.2) is 24.5 Å². The van der Waals surface area contributed by atoms with E-state index in [2.05, 4.69) is 42.1 Å². The first kappa shape index (κ1) is 20.6. The summed E-state index contributed by atoms with van der Waals surface area (Å²) in [6.07, 6.45) is 2.37. The standard InChI is InChI=1S/C21H25N5O3S2/c1-4-31(27,28)25-10-15(11-25)14-5-6-16-17(9-14)29-8-7-18-19(16)24-21(30-18)20-22-12-23-26(20)13(2)3/h5-6,9,12-13,15H,4,7-8,10-11H2,1-3H3. The van der Waals surface area contributed by atoms with Crippen LogP contribution >= 0.6 is 11.3 Å². The van der Waals surface area contributed by atoms with Gasteiger partial charge in [-0.15, -0.1) is 11.3 Å². The Balaban J connectivity index is 1.45. The number of hydrogen-bond donors (Lipinski definition) is 0. The Morgan fingerprint density at radius 1 is 1.29 bits per heavy atom. The molecule has 2 aromatic heterocycles. The Morgan fingerprint density at radius 3 is 2.84 bits per heavy atom. The van der Waals surface area contributed by atoms with Gasteiger partial charge >= 0.3 is 0 Å². The van der Waals surface area contributed by atoms with Gasteiger partial charge in [-0.25, -0.2) is 27.4 Å². The molecule has 0 radical (unpaired) electrons. The molecule has 2 aliphatic rings. The fourth-order valence-corrected chi connectivity index (χ4v) is 6.25. The van der Waals surface area contributed by atoms with Crippen molar-refractivity contribution in [1.29, 1.82) is 0 Å². The summed E-state index contributed by atoms with van der Waals surface area (Å²) in [5.74, 6) is 1.95. The van der Waals surface area contributed by atoms with E-state index in [1.54, 1.807) is 28.9 Å². The summed E-state index contributed by atoms with van der Waals surface area (Å²) >= 11 is 1.65. The van der Waals surface area contributed by atoms with Crippen molar-refractivity contribution in [2.45, 2.75) is 39.2 Å². The minimum Gasteiger partial charge on any atom is -0.492 e. The molecule has 3 aromatic rings. The van der Waals surface area contributed by atoms with Gasteiger partial charge in [-0.1, -0.05) is 6.07 Å². The summed E-state index contributed by atoms with van der Waals surface area (Å²) in [6.45, 7) is 7.49. The lowest BCUT2D eigenvalue weighted by atomic mass is 9.92. The largest absolute Gasteiger partial charge is 0.492 e. The van der Waals surface area contributed by atoms with Gasteiger partial charge in [0.05, 0.1) is 18.1 Å². The number of ether oxygens (including phenoxy) is 1. The average molecular weight is 460 g/mol. The Morgan fingerprint density at radius 2 is 2.10 bits per heavy atom. The highest BCUT2D eigenvalue weighted by Gasteiger charge is 2.36. The second kappa shape index (κ2) is 7.68. The number of rotatable bonds is 5. The van der Waals surface area contributed by atoms with Gasteiger partial charge in [0.1, 0.15) is 12.1 Å². The first-order valence-electron chi connectivity index (χ1n) is 10.5. The number of nitrogens with zero attached hydrogens (tertiary/aromatic N) is 5. The van der Waals surface area contributed by atoms with Gasteiger partial charge in [-0.2, -0.15) is 5.10 Å². The van der Waals surface area contributed by atoms with Crippen LogP contribution in [0.25, 0.3) is 22.1 Å². The maximum Gasteiger partial charge on any atom is 0.213 e. The molecule has 0 aliphatic carbocycles. The van der Waals surface area contributed by atoms with Crippen LogP contribution < -0.4 is 4.74 Å². The van der Waals surface area contributed by atoms with Crippen LogP contribution in [0.5, 0.6) is 5.75 Å². The number of hydrogen-bond acceptors (Lipinski definition) is 7. The lowest BCUT2D eigenvalue weighted by Crippen LogP contribution is -2.48. The molecule has 1 fully saturated rings. The molecule has 164 valence electrons. The minimum absolute atomic E-state index is 0.145. The lowest BCUT2D eigenvalue weighted by Gasteiger charge is -2.38. The fraction of sp³-hybridized carbons (Fsp3) is 0.476. The number of aromatic nitrogens is 4. The van der Waals surface area contributed by atoms with E-state index in [0.717, 1.165) is 39.8 Å². The summed E-state index contributed by atoms with van der Waals surface area (Å²) < 4.78 is 33.6. The van der Waals surface area contributed by atoms with Crippen molar-refractivity contribution >= 4 is 21.4 Å². The molecule has 1 aromatic carbocycles. The molecule has 0 N–H and O–H groups in total. The smallest absolute Gasteiger partial charge is 0.213 e. The van der Waals surface area contributed by atoms with Crippen molar-refractivity contribution in [3.63, 3.8) is 0 Å². The molecule has 0 spiro atoms. The first-order valence-corrected chi connectivity index (χ1v) is 12.9. The minimum atomic E-state index is -3.11. The van der Waals surface area contributed by atoms with Gasteiger partial charge in [0, 0.05) is 41.9 Å².